The second-order valence-electron chi connectivity index (χ2n) is 7.08. The smallest absolute Gasteiger partial charge is 0.230 e. The highest BCUT2D eigenvalue weighted by Crippen LogP contribution is 2.38. The minimum absolute atomic E-state index is 0.192. The average Bonchev–Trinajstić information content (AvgIpc) is 2.63. The predicted octanol–water partition coefficient (Wildman–Crippen LogP) is 3.36. The van der Waals surface area contributed by atoms with Gasteiger partial charge in [0, 0.05) is 24.9 Å². The molecule has 2 aliphatic carbocycles. The summed E-state index contributed by atoms with van der Waals surface area (Å²) < 4.78 is 0. The van der Waals surface area contributed by atoms with Crippen LogP contribution in [0.1, 0.15) is 44.9 Å². The standard InChI is InChI=1S/C19H24N2O2/c22-18(14-6-3-7-14)20-12-5-13-21(19(23)15-8-4-9-15)17-11-2-1-10-16(17)20/h1-2,10-11,14-15H,3-9,12-13H2. The molecule has 2 fully saturated rings. The molecular weight excluding hydrogens is 288 g/mol. The number of hydrogen-bond donors (Lipinski definition) is 0. The lowest BCUT2D eigenvalue weighted by atomic mass is 9.84. The third-order valence-corrected chi connectivity index (χ3v) is 5.67. The fourth-order valence-electron chi connectivity index (χ4n) is 3.76. The van der Waals surface area contributed by atoms with Crippen LogP contribution in [-0.4, -0.2) is 24.9 Å². The molecule has 4 rings (SSSR count). The molecule has 0 atom stereocenters. The second kappa shape index (κ2) is 5.99. The van der Waals surface area contributed by atoms with Crippen LogP contribution in [0.2, 0.25) is 0 Å². The molecule has 122 valence electrons. The summed E-state index contributed by atoms with van der Waals surface area (Å²) in [5, 5.41) is 0. The van der Waals surface area contributed by atoms with Gasteiger partial charge in [-0.3, -0.25) is 9.59 Å². The fourth-order valence-corrected chi connectivity index (χ4v) is 3.76. The third-order valence-electron chi connectivity index (χ3n) is 5.67. The minimum atomic E-state index is 0.192. The summed E-state index contributed by atoms with van der Waals surface area (Å²) in [4.78, 5) is 29.5. The Morgan fingerprint density at radius 2 is 1.17 bits per heavy atom. The summed E-state index contributed by atoms with van der Waals surface area (Å²) in [6.07, 6.45) is 7.25. The van der Waals surface area contributed by atoms with E-state index in [0.717, 1.165) is 69.4 Å². The molecule has 0 spiro atoms. The van der Waals surface area contributed by atoms with Crippen LogP contribution >= 0.6 is 0 Å². The summed E-state index contributed by atoms with van der Waals surface area (Å²) >= 11 is 0. The maximum Gasteiger partial charge on any atom is 0.230 e. The lowest BCUT2D eigenvalue weighted by Crippen LogP contribution is -2.39. The van der Waals surface area contributed by atoms with E-state index in [2.05, 4.69) is 0 Å². The Kier molecular flexibility index (Phi) is 3.83. The van der Waals surface area contributed by atoms with E-state index in [4.69, 9.17) is 0 Å². The molecule has 1 aromatic rings. The van der Waals surface area contributed by atoms with Crippen molar-refractivity contribution in [2.24, 2.45) is 11.8 Å². The van der Waals surface area contributed by atoms with Gasteiger partial charge in [-0.15, -0.1) is 0 Å². The molecule has 2 amide bonds. The molecule has 2 saturated carbocycles. The van der Waals surface area contributed by atoms with Gasteiger partial charge in [0.15, 0.2) is 0 Å². The van der Waals surface area contributed by atoms with Crippen LogP contribution in [0.4, 0.5) is 11.4 Å². The molecule has 0 N–H and O–H groups in total. The lowest BCUT2D eigenvalue weighted by molar-refractivity contribution is -0.125. The van der Waals surface area contributed by atoms with E-state index in [0.29, 0.717) is 0 Å². The molecule has 4 heteroatoms. The maximum atomic E-state index is 12.8. The molecule has 0 radical (unpaired) electrons. The first-order valence-corrected chi connectivity index (χ1v) is 8.97. The number of anilines is 2. The zero-order valence-corrected chi connectivity index (χ0v) is 13.5. The van der Waals surface area contributed by atoms with Gasteiger partial charge in [0.2, 0.25) is 11.8 Å². The van der Waals surface area contributed by atoms with Crippen molar-refractivity contribution in [1.82, 2.24) is 0 Å². The summed E-state index contributed by atoms with van der Waals surface area (Å²) in [7, 11) is 0. The number of carbonyl (C=O) groups is 2. The van der Waals surface area contributed by atoms with Crippen LogP contribution in [0.5, 0.6) is 0 Å². The zero-order valence-electron chi connectivity index (χ0n) is 13.5. The van der Waals surface area contributed by atoms with E-state index in [1.54, 1.807) is 0 Å². The normalized spacial score (nSPS) is 21.9. The summed E-state index contributed by atoms with van der Waals surface area (Å²) in [5.74, 6) is 0.886. The molecule has 4 nitrogen and oxygen atoms in total. The van der Waals surface area contributed by atoms with Crippen LogP contribution in [-0.2, 0) is 9.59 Å². The van der Waals surface area contributed by atoms with Gasteiger partial charge in [-0.2, -0.15) is 0 Å². The molecule has 1 aliphatic heterocycles. The van der Waals surface area contributed by atoms with Gasteiger partial charge in [0.05, 0.1) is 11.4 Å². The zero-order chi connectivity index (χ0) is 15.8. The second-order valence-corrected chi connectivity index (χ2v) is 7.08. The Labute approximate surface area is 137 Å². The molecule has 3 aliphatic rings. The van der Waals surface area contributed by atoms with Crippen molar-refractivity contribution in [2.45, 2.75) is 44.9 Å². The van der Waals surface area contributed by atoms with Crippen molar-refractivity contribution < 1.29 is 9.59 Å². The quantitative estimate of drug-likeness (QED) is 0.840. The van der Waals surface area contributed by atoms with E-state index in [1.807, 2.05) is 34.1 Å². The van der Waals surface area contributed by atoms with Crippen molar-refractivity contribution in [3.8, 4) is 0 Å². The predicted molar refractivity (Wildman–Crippen MR) is 90.4 cm³/mol. The van der Waals surface area contributed by atoms with Crippen LogP contribution < -0.4 is 9.80 Å². The molecule has 23 heavy (non-hydrogen) atoms. The first-order valence-electron chi connectivity index (χ1n) is 8.97. The Balaban J connectivity index is 1.65. The van der Waals surface area contributed by atoms with Gasteiger partial charge in [-0.05, 0) is 44.2 Å². The summed E-state index contributed by atoms with van der Waals surface area (Å²) in [5.41, 5.74) is 1.85. The highest BCUT2D eigenvalue weighted by Gasteiger charge is 2.36. The van der Waals surface area contributed by atoms with Crippen LogP contribution in [0.3, 0.4) is 0 Å². The average molecular weight is 312 g/mol. The number of amides is 2. The Morgan fingerprint density at radius 3 is 1.52 bits per heavy atom. The fraction of sp³-hybridized carbons (Fsp3) is 0.579. The van der Waals surface area contributed by atoms with Gasteiger partial charge in [-0.1, -0.05) is 25.0 Å². The summed E-state index contributed by atoms with van der Waals surface area (Å²) in [6, 6.07) is 7.94. The highest BCUT2D eigenvalue weighted by atomic mass is 16.2. The van der Waals surface area contributed by atoms with E-state index >= 15 is 0 Å². The topological polar surface area (TPSA) is 40.6 Å². The number of nitrogens with zero attached hydrogens (tertiary/aromatic N) is 2. The summed E-state index contributed by atoms with van der Waals surface area (Å²) in [6.45, 7) is 1.45. The molecular formula is C19H24N2O2. The van der Waals surface area contributed by atoms with Crippen molar-refractivity contribution in [3.63, 3.8) is 0 Å². The molecule has 0 unspecified atom stereocenters. The monoisotopic (exact) mass is 312 g/mol. The first-order chi connectivity index (χ1) is 11.3. The van der Waals surface area contributed by atoms with Gasteiger partial charge < -0.3 is 9.80 Å². The number of carbonyl (C=O) groups excluding carboxylic acids is 2. The Hall–Kier alpha value is -1.84. The van der Waals surface area contributed by atoms with Crippen molar-refractivity contribution in [3.05, 3.63) is 24.3 Å². The molecule has 0 aromatic heterocycles. The van der Waals surface area contributed by atoms with Gasteiger partial charge in [0.1, 0.15) is 0 Å². The number of fused-ring (bicyclic) bond motifs is 1. The lowest BCUT2D eigenvalue weighted by Gasteiger charge is -2.33. The van der Waals surface area contributed by atoms with Crippen molar-refractivity contribution >= 4 is 23.2 Å². The number of para-hydroxylation sites is 2. The third kappa shape index (κ3) is 2.54. The number of hydrogen-bond acceptors (Lipinski definition) is 2. The molecule has 1 heterocycles. The Bertz CT molecular complexity index is 567. The van der Waals surface area contributed by atoms with E-state index in [-0.39, 0.29) is 23.7 Å². The van der Waals surface area contributed by atoms with E-state index in [9.17, 15) is 9.59 Å². The van der Waals surface area contributed by atoms with E-state index in [1.165, 1.54) is 0 Å². The number of rotatable bonds is 2. The van der Waals surface area contributed by atoms with Crippen molar-refractivity contribution in [2.75, 3.05) is 22.9 Å². The van der Waals surface area contributed by atoms with Crippen LogP contribution in [0.25, 0.3) is 0 Å². The van der Waals surface area contributed by atoms with Crippen LogP contribution in [0, 0.1) is 11.8 Å². The van der Waals surface area contributed by atoms with Gasteiger partial charge in [-0.25, -0.2) is 0 Å². The maximum absolute atomic E-state index is 12.8. The largest absolute Gasteiger partial charge is 0.310 e. The van der Waals surface area contributed by atoms with Crippen molar-refractivity contribution in [1.29, 1.82) is 0 Å². The molecule has 1 aromatic carbocycles. The number of benzene rings is 1. The molecule has 0 bridgehead atoms. The van der Waals surface area contributed by atoms with E-state index < -0.39 is 0 Å². The highest BCUT2D eigenvalue weighted by molar-refractivity contribution is 6.04. The first kappa shape index (κ1) is 14.7. The minimum Gasteiger partial charge on any atom is -0.310 e. The van der Waals surface area contributed by atoms with Gasteiger partial charge in [0.25, 0.3) is 0 Å². The molecule has 0 saturated heterocycles. The van der Waals surface area contributed by atoms with Gasteiger partial charge >= 0.3 is 0 Å². The SMILES string of the molecule is O=C(C1CCC1)N1CCCN(C(=O)C2CCC2)c2ccccc21. The Morgan fingerprint density at radius 1 is 0.739 bits per heavy atom. The van der Waals surface area contributed by atoms with Crippen LogP contribution in [0.15, 0.2) is 24.3 Å².